The van der Waals surface area contributed by atoms with Crippen LogP contribution >= 0.6 is 11.6 Å². The summed E-state index contributed by atoms with van der Waals surface area (Å²) < 4.78 is 0. The minimum absolute atomic E-state index is 0.0494. The van der Waals surface area contributed by atoms with E-state index in [1.54, 1.807) is 47.4 Å². The van der Waals surface area contributed by atoms with Gasteiger partial charge in [-0.15, -0.1) is 0 Å². The Morgan fingerprint density at radius 2 is 1.73 bits per heavy atom. The van der Waals surface area contributed by atoms with Crippen molar-refractivity contribution in [3.8, 4) is 0 Å². The van der Waals surface area contributed by atoms with E-state index in [0.29, 0.717) is 40.6 Å². The molecular formula is C18H17ClN4O3. The molecule has 0 radical (unpaired) electrons. The molecule has 1 saturated heterocycles. The first-order chi connectivity index (χ1) is 12.4. The largest absolute Gasteiger partial charge is 0.351 e. The third-order valence-corrected chi connectivity index (χ3v) is 4.29. The summed E-state index contributed by atoms with van der Waals surface area (Å²) in [5.74, 6) is -0.273. The number of hydrogen-bond donors (Lipinski definition) is 3. The number of nitrogens with two attached hydrogens (primary N) is 1. The van der Waals surface area contributed by atoms with Gasteiger partial charge in [-0.1, -0.05) is 11.6 Å². The van der Waals surface area contributed by atoms with E-state index in [1.807, 2.05) is 0 Å². The third kappa shape index (κ3) is 3.94. The summed E-state index contributed by atoms with van der Waals surface area (Å²) in [5, 5.41) is 5.57. The molecule has 0 aliphatic carbocycles. The fraction of sp³-hybridized carbons (Fsp3) is 0.167. The smallest absolute Gasteiger partial charge is 0.316 e. The van der Waals surface area contributed by atoms with Gasteiger partial charge in [0, 0.05) is 29.9 Å². The molecule has 0 spiro atoms. The van der Waals surface area contributed by atoms with E-state index in [1.165, 1.54) is 0 Å². The van der Waals surface area contributed by atoms with Crippen molar-refractivity contribution < 1.29 is 14.4 Å². The topological polar surface area (TPSA) is 105 Å². The van der Waals surface area contributed by atoms with E-state index in [0.717, 1.165) is 6.42 Å². The van der Waals surface area contributed by atoms with Crippen molar-refractivity contribution in [2.45, 2.75) is 12.8 Å². The number of nitrogens with one attached hydrogen (secondary N) is 2. The lowest BCUT2D eigenvalue weighted by atomic mass is 10.2. The zero-order chi connectivity index (χ0) is 18.7. The molecule has 1 aliphatic heterocycles. The molecule has 134 valence electrons. The summed E-state index contributed by atoms with van der Waals surface area (Å²) in [6.45, 7) is 0.649. The van der Waals surface area contributed by atoms with Crippen LogP contribution in [0.25, 0.3) is 0 Å². The van der Waals surface area contributed by atoms with E-state index in [2.05, 4.69) is 10.6 Å². The second kappa shape index (κ2) is 7.45. The lowest BCUT2D eigenvalue weighted by Gasteiger charge is -2.18. The molecule has 0 saturated carbocycles. The summed E-state index contributed by atoms with van der Waals surface area (Å²) in [6, 6.07) is 10.7. The predicted molar refractivity (Wildman–Crippen MR) is 101 cm³/mol. The van der Waals surface area contributed by atoms with Gasteiger partial charge in [-0.3, -0.25) is 9.59 Å². The van der Waals surface area contributed by atoms with Gasteiger partial charge in [-0.25, -0.2) is 4.79 Å². The zero-order valence-corrected chi connectivity index (χ0v) is 14.5. The maximum Gasteiger partial charge on any atom is 0.316 e. The third-order valence-electron chi connectivity index (χ3n) is 3.98. The summed E-state index contributed by atoms with van der Waals surface area (Å²) in [4.78, 5) is 36.6. The van der Waals surface area contributed by atoms with Crippen molar-refractivity contribution in [2.75, 3.05) is 22.1 Å². The summed E-state index contributed by atoms with van der Waals surface area (Å²) in [7, 11) is 0. The van der Waals surface area contributed by atoms with Gasteiger partial charge in [-0.05, 0) is 48.9 Å². The molecule has 4 N–H and O–H groups in total. The number of anilines is 3. The standard InChI is InChI=1S/C18H17ClN4O3/c19-14-10-13(7-8-15(14)23-9-1-2-16(23)24)21-17(25)11-3-5-12(6-4-11)22-18(20)26/h3-8,10H,1-2,9H2,(H,21,25)(H3,20,22,26). The number of halogens is 1. The molecule has 0 bridgehead atoms. The Morgan fingerprint density at radius 1 is 1.04 bits per heavy atom. The minimum atomic E-state index is -0.673. The Hall–Kier alpha value is -3.06. The number of nitrogens with zero attached hydrogens (tertiary/aromatic N) is 1. The Balaban J connectivity index is 1.70. The second-order valence-electron chi connectivity index (χ2n) is 5.84. The summed E-state index contributed by atoms with van der Waals surface area (Å²) in [5.41, 5.74) is 7.12. The first-order valence-electron chi connectivity index (χ1n) is 8.02. The number of carbonyl (C=O) groups excluding carboxylic acids is 3. The number of benzene rings is 2. The first-order valence-corrected chi connectivity index (χ1v) is 8.39. The van der Waals surface area contributed by atoms with Crippen molar-refractivity contribution in [1.29, 1.82) is 0 Å². The van der Waals surface area contributed by atoms with Crippen LogP contribution in [0.4, 0.5) is 21.9 Å². The van der Waals surface area contributed by atoms with Crippen LogP contribution in [0.15, 0.2) is 42.5 Å². The van der Waals surface area contributed by atoms with Crippen molar-refractivity contribution in [3.63, 3.8) is 0 Å². The molecule has 2 aromatic carbocycles. The number of carbonyl (C=O) groups is 3. The molecule has 7 nitrogen and oxygen atoms in total. The molecule has 26 heavy (non-hydrogen) atoms. The van der Waals surface area contributed by atoms with Gasteiger partial charge in [0.15, 0.2) is 0 Å². The molecule has 1 fully saturated rings. The van der Waals surface area contributed by atoms with Crippen LogP contribution in [-0.2, 0) is 4.79 Å². The van der Waals surface area contributed by atoms with Crippen LogP contribution in [0.2, 0.25) is 5.02 Å². The molecule has 0 aromatic heterocycles. The number of rotatable bonds is 4. The van der Waals surface area contributed by atoms with Crippen LogP contribution in [0, 0.1) is 0 Å². The number of primary amides is 1. The molecule has 0 unspecified atom stereocenters. The van der Waals surface area contributed by atoms with Gasteiger partial charge in [0.25, 0.3) is 5.91 Å². The van der Waals surface area contributed by atoms with Gasteiger partial charge in [0.1, 0.15) is 0 Å². The van der Waals surface area contributed by atoms with Gasteiger partial charge in [0.05, 0.1) is 10.7 Å². The highest BCUT2D eigenvalue weighted by Crippen LogP contribution is 2.31. The molecule has 3 rings (SSSR count). The fourth-order valence-corrected chi connectivity index (χ4v) is 3.04. The van der Waals surface area contributed by atoms with Crippen molar-refractivity contribution in [2.24, 2.45) is 5.73 Å². The monoisotopic (exact) mass is 372 g/mol. The lowest BCUT2D eigenvalue weighted by molar-refractivity contribution is -0.117. The highest BCUT2D eigenvalue weighted by molar-refractivity contribution is 6.34. The number of urea groups is 1. The van der Waals surface area contributed by atoms with E-state index in [4.69, 9.17) is 17.3 Å². The van der Waals surface area contributed by atoms with Gasteiger partial charge >= 0.3 is 6.03 Å². The summed E-state index contributed by atoms with van der Waals surface area (Å²) in [6.07, 6.45) is 1.34. The Morgan fingerprint density at radius 3 is 2.31 bits per heavy atom. The van der Waals surface area contributed by atoms with Gasteiger partial charge in [0.2, 0.25) is 5.91 Å². The van der Waals surface area contributed by atoms with Crippen molar-refractivity contribution in [3.05, 3.63) is 53.1 Å². The Labute approximate surface area is 155 Å². The highest BCUT2D eigenvalue weighted by Gasteiger charge is 2.23. The maximum absolute atomic E-state index is 12.3. The van der Waals surface area contributed by atoms with Crippen LogP contribution in [0.1, 0.15) is 23.2 Å². The number of amides is 4. The molecular weight excluding hydrogens is 356 g/mol. The fourth-order valence-electron chi connectivity index (χ4n) is 2.76. The first kappa shape index (κ1) is 17.8. The average molecular weight is 373 g/mol. The Bertz CT molecular complexity index is 867. The van der Waals surface area contributed by atoms with Crippen LogP contribution in [0.3, 0.4) is 0 Å². The molecule has 2 aromatic rings. The van der Waals surface area contributed by atoms with E-state index in [-0.39, 0.29) is 11.8 Å². The molecule has 8 heteroatoms. The van der Waals surface area contributed by atoms with Crippen LogP contribution in [0.5, 0.6) is 0 Å². The number of hydrogen-bond acceptors (Lipinski definition) is 3. The molecule has 1 aliphatic rings. The minimum Gasteiger partial charge on any atom is -0.351 e. The van der Waals surface area contributed by atoms with Crippen LogP contribution < -0.4 is 21.3 Å². The molecule has 4 amide bonds. The zero-order valence-electron chi connectivity index (χ0n) is 13.8. The second-order valence-corrected chi connectivity index (χ2v) is 6.24. The van der Waals surface area contributed by atoms with Crippen molar-refractivity contribution >= 4 is 46.5 Å². The van der Waals surface area contributed by atoms with Crippen molar-refractivity contribution in [1.82, 2.24) is 0 Å². The van der Waals surface area contributed by atoms with Gasteiger partial charge < -0.3 is 21.3 Å². The van der Waals surface area contributed by atoms with E-state index >= 15 is 0 Å². The predicted octanol–water partition coefficient (Wildman–Crippen LogP) is 3.21. The van der Waals surface area contributed by atoms with E-state index < -0.39 is 6.03 Å². The molecule has 1 heterocycles. The normalized spacial score (nSPS) is 13.6. The SMILES string of the molecule is NC(=O)Nc1ccc(C(=O)Nc2ccc(N3CCCC3=O)c(Cl)c2)cc1. The molecule has 0 atom stereocenters. The maximum atomic E-state index is 12.3. The highest BCUT2D eigenvalue weighted by atomic mass is 35.5. The average Bonchev–Trinajstić information content (AvgIpc) is 3.01. The lowest BCUT2D eigenvalue weighted by Crippen LogP contribution is -2.24. The quantitative estimate of drug-likeness (QED) is 0.767. The Kier molecular flexibility index (Phi) is 5.09. The van der Waals surface area contributed by atoms with Crippen LogP contribution in [-0.4, -0.2) is 24.4 Å². The van der Waals surface area contributed by atoms with E-state index in [9.17, 15) is 14.4 Å². The summed E-state index contributed by atoms with van der Waals surface area (Å²) >= 11 is 6.28. The van der Waals surface area contributed by atoms with Gasteiger partial charge in [-0.2, -0.15) is 0 Å².